The van der Waals surface area contributed by atoms with Crippen molar-refractivity contribution in [1.82, 2.24) is 9.55 Å². The number of nitrogens with one attached hydrogen (secondary N) is 1. The number of benzene rings is 3. The van der Waals surface area contributed by atoms with Crippen molar-refractivity contribution in [3.63, 3.8) is 0 Å². The average Bonchev–Trinajstić information content (AvgIpc) is 3.33. The van der Waals surface area contributed by atoms with Crippen LogP contribution in [0.15, 0.2) is 94.6 Å². The standard InChI is InChI=1S/C33H30N2O7/c1-20-19-35(30(37)34-29(20)36)27-18-31(38)17-26-28(32(31,41-27)15-16-39-26)42-33(21-9-3-2-4-10-21)22-11-5-7-13-24(22)40-25-14-8-6-12-23(25)33/h2-14,19,26-28,38H,15-18H2,1H3,(H,34,36,37)/t26-,27-,28?,31-,32+/m0/s1. The van der Waals surface area contributed by atoms with Gasteiger partial charge in [-0.15, -0.1) is 0 Å². The fourth-order valence-electron chi connectivity index (χ4n) is 7.58. The van der Waals surface area contributed by atoms with Crippen LogP contribution >= 0.6 is 0 Å². The van der Waals surface area contributed by atoms with Gasteiger partial charge in [0.1, 0.15) is 35.0 Å². The van der Waals surface area contributed by atoms with Crippen LogP contribution in [0.4, 0.5) is 0 Å². The lowest BCUT2D eigenvalue weighted by Gasteiger charge is -2.48. The lowest BCUT2D eigenvalue weighted by molar-refractivity contribution is -0.247. The second kappa shape index (κ2) is 8.99. The van der Waals surface area contributed by atoms with Crippen molar-refractivity contribution in [2.45, 2.75) is 61.4 Å². The van der Waals surface area contributed by atoms with Crippen molar-refractivity contribution < 1.29 is 24.1 Å². The number of aromatic nitrogens is 2. The summed E-state index contributed by atoms with van der Waals surface area (Å²) in [7, 11) is 0. The Balaban J connectivity index is 1.31. The molecule has 3 fully saturated rings. The Kier molecular flexibility index (Phi) is 5.49. The molecule has 2 saturated heterocycles. The summed E-state index contributed by atoms with van der Waals surface area (Å²) in [5.41, 5.74) is -1.66. The summed E-state index contributed by atoms with van der Waals surface area (Å²) >= 11 is 0. The number of aromatic amines is 1. The van der Waals surface area contributed by atoms with Gasteiger partial charge in [-0.05, 0) is 24.6 Å². The first-order valence-electron chi connectivity index (χ1n) is 14.3. The van der Waals surface area contributed by atoms with E-state index >= 15 is 0 Å². The molecule has 2 N–H and O–H groups in total. The number of fused-ring (bicyclic) bond motifs is 3. The molecule has 5 atom stereocenters. The zero-order chi connectivity index (χ0) is 28.7. The fraction of sp³-hybridized carbons (Fsp3) is 0.333. The summed E-state index contributed by atoms with van der Waals surface area (Å²) in [6.45, 7) is 2.02. The number of H-pyrrole nitrogens is 1. The number of aryl methyl sites for hydroxylation is 1. The molecule has 214 valence electrons. The second-order valence-electron chi connectivity index (χ2n) is 11.7. The third-order valence-corrected chi connectivity index (χ3v) is 9.48. The van der Waals surface area contributed by atoms with Gasteiger partial charge in [-0.2, -0.15) is 0 Å². The highest BCUT2D eigenvalue weighted by Crippen LogP contribution is 2.62. The summed E-state index contributed by atoms with van der Waals surface area (Å²) in [6.07, 6.45) is 0.397. The van der Waals surface area contributed by atoms with Gasteiger partial charge in [-0.1, -0.05) is 66.7 Å². The fourth-order valence-corrected chi connectivity index (χ4v) is 7.58. The van der Waals surface area contributed by atoms with Crippen LogP contribution in [-0.2, 0) is 19.8 Å². The number of hydrogen-bond donors (Lipinski definition) is 2. The number of para-hydroxylation sites is 2. The van der Waals surface area contributed by atoms with E-state index in [1.165, 1.54) is 10.8 Å². The molecular weight excluding hydrogens is 536 g/mol. The van der Waals surface area contributed by atoms with Crippen LogP contribution in [-0.4, -0.2) is 44.7 Å². The first-order chi connectivity index (χ1) is 20.3. The van der Waals surface area contributed by atoms with E-state index < -0.39 is 46.5 Å². The number of hydrogen-bond acceptors (Lipinski definition) is 7. The molecule has 4 aliphatic rings. The van der Waals surface area contributed by atoms with Crippen LogP contribution < -0.4 is 16.0 Å². The molecule has 1 unspecified atom stereocenters. The van der Waals surface area contributed by atoms with Crippen molar-refractivity contribution in [3.8, 4) is 11.5 Å². The monoisotopic (exact) mass is 566 g/mol. The highest BCUT2D eigenvalue weighted by molar-refractivity contribution is 5.61. The van der Waals surface area contributed by atoms with Crippen LogP contribution in [0.3, 0.4) is 0 Å². The van der Waals surface area contributed by atoms with Gasteiger partial charge >= 0.3 is 5.69 Å². The molecule has 3 aromatic carbocycles. The van der Waals surface area contributed by atoms with Crippen molar-refractivity contribution in [2.24, 2.45) is 0 Å². The maximum Gasteiger partial charge on any atom is 0.330 e. The number of rotatable bonds is 4. The Bertz CT molecular complexity index is 1770. The minimum absolute atomic E-state index is 0.159. The van der Waals surface area contributed by atoms with Crippen LogP contribution in [0.2, 0.25) is 0 Å². The van der Waals surface area contributed by atoms with Crippen molar-refractivity contribution >= 4 is 0 Å². The Morgan fingerprint density at radius 2 is 1.60 bits per heavy atom. The molecule has 0 amide bonds. The summed E-state index contributed by atoms with van der Waals surface area (Å²) in [6, 6.07) is 25.7. The lowest BCUT2D eigenvalue weighted by atomic mass is 9.76. The van der Waals surface area contributed by atoms with E-state index in [0.717, 1.165) is 16.7 Å². The van der Waals surface area contributed by atoms with E-state index in [1.54, 1.807) is 6.92 Å². The number of aliphatic hydroxyl groups is 1. The van der Waals surface area contributed by atoms with E-state index in [0.29, 0.717) is 30.1 Å². The molecule has 1 spiro atoms. The molecule has 0 radical (unpaired) electrons. The molecule has 3 aliphatic heterocycles. The van der Waals surface area contributed by atoms with E-state index in [2.05, 4.69) is 4.98 Å². The molecule has 1 aliphatic carbocycles. The van der Waals surface area contributed by atoms with E-state index in [9.17, 15) is 14.7 Å². The summed E-state index contributed by atoms with van der Waals surface area (Å²) in [5.74, 6) is 1.36. The van der Waals surface area contributed by atoms with E-state index in [-0.39, 0.29) is 12.8 Å². The Labute approximate surface area is 241 Å². The topological polar surface area (TPSA) is 112 Å². The third kappa shape index (κ3) is 3.39. The van der Waals surface area contributed by atoms with Crippen LogP contribution in [0.5, 0.6) is 11.5 Å². The number of nitrogens with zero attached hydrogens (tertiary/aromatic N) is 1. The second-order valence-corrected chi connectivity index (χ2v) is 11.7. The van der Waals surface area contributed by atoms with E-state index in [1.807, 2.05) is 78.9 Å². The predicted molar refractivity (Wildman–Crippen MR) is 152 cm³/mol. The molecule has 2 bridgehead atoms. The Morgan fingerprint density at radius 1 is 0.929 bits per heavy atom. The van der Waals surface area contributed by atoms with Gasteiger partial charge in [-0.25, -0.2) is 4.79 Å². The highest BCUT2D eigenvalue weighted by Gasteiger charge is 2.73. The van der Waals surface area contributed by atoms with Crippen molar-refractivity contribution in [1.29, 1.82) is 0 Å². The van der Waals surface area contributed by atoms with Crippen molar-refractivity contribution in [3.05, 3.63) is 128 Å². The number of ether oxygens (including phenoxy) is 4. The third-order valence-electron chi connectivity index (χ3n) is 9.48. The van der Waals surface area contributed by atoms with Gasteiger partial charge in [0.15, 0.2) is 5.60 Å². The van der Waals surface area contributed by atoms with Crippen LogP contribution in [0.1, 0.15) is 47.7 Å². The Morgan fingerprint density at radius 3 is 2.31 bits per heavy atom. The quantitative estimate of drug-likeness (QED) is 0.385. The maximum absolute atomic E-state index is 12.9. The zero-order valence-corrected chi connectivity index (χ0v) is 23.0. The van der Waals surface area contributed by atoms with Crippen LogP contribution in [0, 0.1) is 6.92 Å². The molecular formula is C33H30N2O7. The summed E-state index contributed by atoms with van der Waals surface area (Å²) < 4.78 is 28.2. The molecule has 4 heterocycles. The van der Waals surface area contributed by atoms with Gasteiger partial charge in [0.2, 0.25) is 0 Å². The zero-order valence-electron chi connectivity index (χ0n) is 23.0. The summed E-state index contributed by atoms with van der Waals surface area (Å²) in [4.78, 5) is 27.3. The molecule has 9 heteroatoms. The molecule has 4 aromatic rings. The first-order valence-corrected chi connectivity index (χ1v) is 14.3. The van der Waals surface area contributed by atoms with E-state index in [4.69, 9.17) is 18.9 Å². The summed E-state index contributed by atoms with van der Waals surface area (Å²) in [5, 5.41) is 12.3. The molecule has 1 saturated carbocycles. The van der Waals surface area contributed by atoms with Gasteiger partial charge in [0, 0.05) is 42.1 Å². The van der Waals surface area contributed by atoms with Crippen LogP contribution in [0.25, 0.3) is 0 Å². The largest absolute Gasteiger partial charge is 0.457 e. The lowest BCUT2D eigenvalue weighted by Crippen LogP contribution is -2.59. The SMILES string of the molecule is Cc1cn([C@@H]2C[C@@]3(O)C[C@@H]4OCC[C@@]3(O2)C4OC2(c3ccccc3)c3ccccc3Oc3ccccc32)c(=O)[nH]c1=O. The average molecular weight is 567 g/mol. The minimum atomic E-state index is -1.32. The van der Waals surface area contributed by atoms with Gasteiger partial charge < -0.3 is 24.1 Å². The van der Waals surface area contributed by atoms with Gasteiger partial charge in [-0.3, -0.25) is 14.3 Å². The minimum Gasteiger partial charge on any atom is -0.457 e. The van der Waals surface area contributed by atoms with Crippen molar-refractivity contribution in [2.75, 3.05) is 6.61 Å². The molecule has 8 rings (SSSR count). The first kappa shape index (κ1) is 25.7. The van der Waals surface area contributed by atoms with Gasteiger partial charge in [0.25, 0.3) is 5.56 Å². The highest BCUT2D eigenvalue weighted by atomic mass is 16.6. The van der Waals surface area contributed by atoms with Gasteiger partial charge in [0.05, 0.1) is 12.7 Å². The maximum atomic E-state index is 12.9. The molecule has 42 heavy (non-hydrogen) atoms. The normalized spacial score (nSPS) is 30.2. The molecule has 9 nitrogen and oxygen atoms in total. The Hall–Kier alpha value is -4.02. The molecule has 1 aromatic heterocycles. The predicted octanol–water partition coefficient (Wildman–Crippen LogP) is 3.91. The smallest absolute Gasteiger partial charge is 0.330 e.